The molecule has 0 amide bonds. The molecule has 0 spiro atoms. The lowest BCUT2D eigenvalue weighted by atomic mass is 10.2. The molecule has 0 unspecified atom stereocenters. The second-order valence-electron chi connectivity index (χ2n) is 2.14. The summed E-state index contributed by atoms with van der Waals surface area (Å²) in [7, 11) is 0. The van der Waals surface area contributed by atoms with Crippen LogP contribution in [0.25, 0.3) is 0 Å². The van der Waals surface area contributed by atoms with E-state index in [0.717, 1.165) is 6.07 Å². The zero-order valence-corrected chi connectivity index (χ0v) is 7.61. The number of aromatic nitrogens is 1. The quantitative estimate of drug-likeness (QED) is 0.572. The molecule has 0 N–H and O–H groups in total. The molecule has 13 heavy (non-hydrogen) atoms. The maximum absolute atomic E-state index is 12.2. The van der Waals surface area contributed by atoms with Gasteiger partial charge in [-0.05, 0) is 23.7 Å². The third-order valence-electron chi connectivity index (χ3n) is 1.31. The molecule has 0 aliphatic heterocycles. The molecule has 0 saturated carbocycles. The van der Waals surface area contributed by atoms with Crippen LogP contribution in [0.3, 0.4) is 0 Å². The lowest BCUT2D eigenvalue weighted by molar-refractivity contribution is 0.106. The monoisotopic (exact) mass is 225 g/mol. The molecule has 0 aromatic carbocycles. The lowest BCUT2D eigenvalue weighted by Crippen LogP contribution is -2.01. The van der Waals surface area contributed by atoms with Gasteiger partial charge in [0.2, 0.25) is 0 Å². The summed E-state index contributed by atoms with van der Waals surface area (Å²) < 4.78 is 24.5. The van der Waals surface area contributed by atoms with Gasteiger partial charge in [-0.2, -0.15) is 0 Å². The molecule has 70 valence electrons. The first-order valence-corrected chi connectivity index (χ1v) is 3.92. The van der Waals surface area contributed by atoms with E-state index in [-0.39, 0.29) is 10.7 Å². The van der Waals surface area contributed by atoms with Crippen molar-refractivity contribution in [1.29, 1.82) is 0 Å². The van der Waals surface area contributed by atoms with E-state index in [0.29, 0.717) is 0 Å². The number of rotatable bonds is 2. The Morgan fingerprint density at radius 3 is 2.54 bits per heavy atom. The second-order valence-corrected chi connectivity index (χ2v) is 2.87. The number of pyridine rings is 1. The number of carbonyl (C=O) groups is 1. The summed E-state index contributed by atoms with van der Waals surface area (Å²) in [6.45, 7) is 0. The third kappa shape index (κ3) is 2.35. The number of hydrogen-bond acceptors (Lipinski definition) is 2. The summed E-state index contributed by atoms with van der Waals surface area (Å²) in [4.78, 5) is 13.9. The Kier molecular flexibility index (Phi) is 3.17. The Morgan fingerprint density at radius 1 is 1.46 bits per heavy atom. The highest BCUT2D eigenvalue weighted by molar-refractivity contribution is 6.67. The second kappa shape index (κ2) is 3.98. The van der Waals surface area contributed by atoms with Gasteiger partial charge in [0.05, 0.1) is 5.56 Å². The van der Waals surface area contributed by atoms with Crippen LogP contribution in [0.2, 0.25) is 5.15 Å². The summed E-state index contributed by atoms with van der Waals surface area (Å²) in [5.74, 6) is 0. The van der Waals surface area contributed by atoms with Crippen LogP contribution >= 0.6 is 23.2 Å². The SMILES string of the molecule is O=C(Cl)c1ccc(Cl)nc1C(F)F. The normalized spacial score (nSPS) is 10.5. The van der Waals surface area contributed by atoms with Gasteiger partial charge in [-0.3, -0.25) is 4.79 Å². The average Bonchev–Trinajstić information content (AvgIpc) is 2.03. The van der Waals surface area contributed by atoms with Crippen molar-refractivity contribution in [2.24, 2.45) is 0 Å². The van der Waals surface area contributed by atoms with E-state index in [1.807, 2.05) is 0 Å². The van der Waals surface area contributed by atoms with Crippen LogP contribution in [0.1, 0.15) is 22.5 Å². The fourth-order valence-corrected chi connectivity index (χ4v) is 1.10. The first-order chi connectivity index (χ1) is 6.02. The number of hydrogen-bond donors (Lipinski definition) is 0. The molecule has 6 heteroatoms. The van der Waals surface area contributed by atoms with E-state index in [9.17, 15) is 13.6 Å². The van der Waals surface area contributed by atoms with Crippen molar-refractivity contribution in [3.05, 3.63) is 28.5 Å². The van der Waals surface area contributed by atoms with Crippen LogP contribution in [0.5, 0.6) is 0 Å². The highest BCUT2D eigenvalue weighted by Gasteiger charge is 2.18. The van der Waals surface area contributed by atoms with Gasteiger partial charge in [0.15, 0.2) is 0 Å². The Hall–Kier alpha value is -0.740. The number of alkyl halides is 2. The summed E-state index contributed by atoms with van der Waals surface area (Å²) in [6, 6.07) is 2.34. The van der Waals surface area contributed by atoms with Gasteiger partial charge in [-0.25, -0.2) is 13.8 Å². The molecule has 1 aromatic heterocycles. The van der Waals surface area contributed by atoms with Gasteiger partial charge in [0.25, 0.3) is 11.7 Å². The Labute approximate surface area is 82.5 Å². The Balaban J connectivity index is 3.26. The average molecular weight is 226 g/mol. The summed E-state index contributed by atoms with van der Waals surface area (Å²) in [5.41, 5.74) is -1.01. The molecule has 0 radical (unpaired) electrons. The van der Waals surface area contributed by atoms with Gasteiger partial charge in [0, 0.05) is 0 Å². The summed E-state index contributed by atoms with van der Waals surface area (Å²) in [5, 5.41) is -1.07. The zero-order chi connectivity index (χ0) is 10.0. The number of carbonyl (C=O) groups excluding carboxylic acids is 1. The molecular weight excluding hydrogens is 223 g/mol. The minimum Gasteiger partial charge on any atom is -0.276 e. The van der Waals surface area contributed by atoms with Crippen molar-refractivity contribution < 1.29 is 13.6 Å². The van der Waals surface area contributed by atoms with Crippen LogP contribution in [-0.4, -0.2) is 10.2 Å². The van der Waals surface area contributed by atoms with E-state index < -0.39 is 17.4 Å². The van der Waals surface area contributed by atoms with E-state index in [2.05, 4.69) is 4.98 Å². The van der Waals surface area contributed by atoms with Gasteiger partial charge in [-0.15, -0.1) is 0 Å². The molecule has 0 bridgehead atoms. The maximum atomic E-state index is 12.2. The van der Waals surface area contributed by atoms with Gasteiger partial charge in [0.1, 0.15) is 10.8 Å². The fraction of sp³-hybridized carbons (Fsp3) is 0.143. The predicted molar refractivity (Wildman–Crippen MR) is 44.4 cm³/mol. The molecule has 1 heterocycles. The van der Waals surface area contributed by atoms with E-state index >= 15 is 0 Å². The van der Waals surface area contributed by atoms with Crippen LogP contribution in [-0.2, 0) is 0 Å². The first-order valence-electron chi connectivity index (χ1n) is 3.17. The predicted octanol–water partition coefficient (Wildman–Crippen LogP) is 3.05. The van der Waals surface area contributed by atoms with E-state index in [1.54, 1.807) is 0 Å². The van der Waals surface area contributed by atoms with Crippen molar-refractivity contribution in [1.82, 2.24) is 4.98 Å². The minimum absolute atomic E-state index is 0.100. The zero-order valence-electron chi connectivity index (χ0n) is 6.10. The van der Waals surface area contributed by atoms with Crippen LogP contribution in [0, 0.1) is 0 Å². The van der Waals surface area contributed by atoms with Gasteiger partial charge >= 0.3 is 0 Å². The molecular formula is C7H3Cl2F2NO. The fourth-order valence-electron chi connectivity index (χ4n) is 0.783. The summed E-state index contributed by atoms with van der Waals surface area (Å²) in [6.07, 6.45) is -2.86. The molecule has 2 nitrogen and oxygen atoms in total. The number of halogens is 4. The smallest absolute Gasteiger partial charge is 0.276 e. The highest BCUT2D eigenvalue weighted by Crippen LogP contribution is 2.23. The van der Waals surface area contributed by atoms with Crippen molar-refractivity contribution in [2.45, 2.75) is 6.43 Å². The molecule has 0 fully saturated rings. The minimum atomic E-state index is -2.86. The number of nitrogens with zero attached hydrogens (tertiary/aromatic N) is 1. The largest absolute Gasteiger partial charge is 0.281 e. The molecule has 1 aromatic rings. The molecule has 0 aliphatic rings. The van der Waals surface area contributed by atoms with E-state index in [1.165, 1.54) is 6.07 Å². The van der Waals surface area contributed by atoms with Crippen molar-refractivity contribution in [2.75, 3.05) is 0 Å². The standard InChI is InChI=1S/C7H3Cl2F2NO/c8-4-2-1-3(6(9)13)5(12-4)7(10)11/h1-2,7H. The van der Waals surface area contributed by atoms with Crippen LogP contribution in [0.4, 0.5) is 8.78 Å². The molecule has 0 atom stereocenters. The van der Waals surface area contributed by atoms with Crippen LogP contribution < -0.4 is 0 Å². The summed E-state index contributed by atoms with van der Waals surface area (Å²) >= 11 is 10.4. The first kappa shape index (κ1) is 10.3. The molecule has 0 saturated heterocycles. The van der Waals surface area contributed by atoms with Gasteiger partial charge in [-0.1, -0.05) is 11.6 Å². The molecule has 0 aliphatic carbocycles. The lowest BCUT2D eigenvalue weighted by Gasteiger charge is -2.03. The molecule has 1 rings (SSSR count). The topological polar surface area (TPSA) is 30.0 Å². The van der Waals surface area contributed by atoms with Crippen molar-refractivity contribution >= 4 is 28.4 Å². The highest BCUT2D eigenvalue weighted by atomic mass is 35.5. The van der Waals surface area contributed by atoms with Crippen molar-refractivity contribution in [3.8, 4) is 0 Å². The van der Waals surface area contributed by atoms with Crippen LogP contribution in [0.15, 0.2) is 12.1 Å². The van der Waals surface area contributed by atoms with Gasteiger partial charge < -0.3 is 0 Å². The third-order valence-corrected chi connectivity index (χ3v) is 1.72. The van der Waals surface area contributed by atoms with Crippen molar-refractivity contribution in [3.63, 3.8) is 0 Å². The maximum Gasteiger partial charge on any atom is 0.281 e. The Morgan fingerprint density at radius 2 is 2.08 bits per heavy atom. The Bertz CT molecular complexity index is 343. The van der Waals surface area contributed by atoms with E-state index in [4.69, 9.17) is 23.2 Å².